The van der Waals surface area contributed by atoms with Crippen molar-refractivity contribution in [2.75, 3.05) is 0 Å². The SMILES string of the molecule is CCc1ccc(C(C)(N)c2cccc(OC(C)C)c2)cc1. The van der Waals surface area contributed by atoms with E-state index in [0.717, 1.165) is 23.3 Å². The van der Waals surface area contributed by atoms with Crippen LogP contribution in [0.4, 0.5) is 0 Å². The van der Waals surface area contributed by atoms with Crippen LogP contribution in [-0.2, 0) is 12.0 Å². The zero-order chi connectivity index (χ0) is 15.5. The second-order valence-electron chi connectivity index (χ2n) is 5.95. The lowest BCUT2D eigenvalue weighted by Gasteiger charge is -2.27. The summed E-state index contributed by atoms with van der Waals surface area (Å²) < 4.78 is 5.77. The number of hydrogen-bond acceptors (Lipinski definition) is 2. The van der Waals surface area contributed by atoms with E-state index in [0.29, 0.717) is 0 Å². The molecule has 0 aliphatic carbocycles. The Morgan fingerprint density at radius 1 is 1.05 bits per heavy atom. The van der Waals surface area contributed by atoms with Gasteiger partial charge in [-0.15, -0.1) is 0 Å². The number of aryl methyl sites for hydroxylation is 1. The van der Waals surface area contributed by atoms with Crippen molar-refractivity contribution in [2.24, 2.45) is 5.73 Å². The first kappa shape index (κ1) is 15.6. The van der Waals surface area contributed by atoms with Crippen LogP contribution in [0.2, 0.25) is 0 Å². The lowest BCUT2D eigenvalue weighted by atomic mass is 9.85. The van der Waals surface area contributed by atoms with Crippen LogP contribution >= 0.6 is 0 Å². The van der Waals surface area contributed by atoms with Gasteiger partial charge in [-0.1, -0.05) is 43.3 Å². The Kier molecular flexibility index (Phi) is 4.69. The van der Waals surface area contributed by atoms with Crippen molar-refractivity contribution in [3.05, 3.63) is 65.2 Å². The fraction of sp³-hybridized carbons (Fsp3) is 0.368. The van der Waals surface area contributed by atoms with Gasteiger partial charge in [0.25, 0.3) is 0 Å². The molecule has 0 radical (unpaired) electrons. The summed E-state index contributed by atoms with van der Waals surface area (Å²) in [5, 5.41) is 0. The van der Waals surface area contributed by atoms with Crippen molar-refractivity contribution in [3.8, 4) is 5.75 Å². The van der Waals surface area contributed by atoms with Gasteiger partial charge >= 0.3 is 0 Å². The van der Waals surface area contributed by atoms with Crippen LogP contribution in [0.15, 0.2) is 48.5 Å². The van der Waals surface area contributed by atoms with Crippen LogP contribution in [0.5, 0.6) is 5.75 Å². The molecule has 2 nitrogen and oxygen atoms in total. The van der Waals surface area contributed by atoms with E-state index in [-0.39, 0.29) is 6.10 Å². The first-order valence-corrected chi connectivity index (χ1v) is 7.59. The molecule has 0 aliphatic heterocycles. The number of nitrogens with two attached hydrogens (primary N) is 1. The topological polar surface area (TPSA) is 35.2 Å². The number of benzene rings is 2. The minimum absolute atomic E-state index is 0.160. The normalized spacial score (nSPS) is 14.0. The van der Waals surface area contributed by atoms with E-state index in [1.165, 1.54) is 5.56 Å². The van der Waals surface area contributed by atoms with Gasteiger partial charge in [-0.3, -0.25) is 0 Å². The first-order chi connectivity index (χ1) is 9.93. The van der Waals surface area contributed by atoms with E-state index in [1.807, 2.05) is 39.0 Å². The molecule has 2 aromatic carbocycles. The highest BCUT2D eigenvalue weighted by atomic mass is 16.5. The second-order valence-corrected chi connectivity index (χ2v) is 5.95. The molecule has 2 N–H and O–H groups in total. The quantitative estimate of drug-likeness (QED) is 0.890. The molecule has 2 aromatic rings. The summed E-state index contributed by atoms with van der Waals surface area (Å²) in [7, 11) is 0. The van der Waals surface area contributed by atoms with E-state index in [9.17, 15) is 0 Å². The highest BCUT2D eigenvalue weighted by Crippen LogP contribution is 2.29. The molecule has 0 saturated heterocycles. The van der Waals surface area contributed by atoms with E-state index < -0.39 is 5.54 Å². The molecular formula is C19H25NO. The van der Waals surface area contributed by atoms with Crippen LogP contribution in [0.1, 0.15) is 44.4 Å². The molecule has 2 rings (SSSR count). The van der Waals surface area contributed by atoms with E-state index >= 15 is 0 Å². The van der Waals surface area contributed by atoms with Gasteiger partial charge in [-0.2, -0.15) is 0 Å². The molecule has 2 heteroatoms. The van der Waals surface area contributed by atoms with Gasteiger partial charge < -0.3 is 10.5 Å². The predicted octanol–water partition coefficient (Wildman–Crippen LogP) is 4.26. The van der Waals surface area contributed by atoms with Crippen molar-refractivity contribution in [1.82, 2.24) is 0 Å². The highest BCUT2D eigenvalue weighted by Gasteiger charge is 2.24. The molecule has 1 atom stereocenters. The van der Waals surface area contributed by atoms with Crippen LogP contribution in [0.25, 0.3) is 0 Å². The van der Waals surface area contributed by atoms with Crippen LogP contribution in [0, 0.1) is 0 Å². The Morgan fingerprint density at radius 3 is 2.29 bits per heavy atom. The fourth-order valence-corrected chi connectivity index (χ4v) is 2.42. The summed E-state index contributed by atoms with van der Waals surface area (Å²) in [5.41, 5.74) is 9.57. The van der Waals surface area contributed by atoms with Gasteiger partial charge in [0.1, 0.15) is 5.75 Å². The van der Waals surface area contributed by atoms with Gasteiger partial charge in [-0.25, -0.2) is 0 Å². The van der Waals surface area contributed by atoms with Gasteiger partial charge in [0.15, 0.2) is 0 Å². The first-order valence-electron chi connectivity index (χ1n) is 7.59. The number of ether oxygens (including phenoxy) is 1. The van der Waals surface area contributed by atoms with Gasteiger partial charge in [0, 0.05) is 0 Å². The Hall–Kier alpha value is -1.80. The average Bonchev–Trinajstić information content (AvgIpc) is 2.47. The third-order valence-electron chi connectivity index (χ3n) is 3.77. The summed E-state index contributed by atoms with van der Waals surface area (Å²) in [6.07, 6.45) is 1.20. The minimum atomic E-state index is -0.525. The van der Waals surface area contributed by atoms with E-state index in [2.05, 4.69) is 37.3 Å². The zero-order valence-electron chi connectivity index (χ0n) is 13.4. The minimum Gasteiger partial charge on any atom is -0.491 e. The Morgan fingerprint density at radius 2 is 1.71 bits per heavy atom. The molecule has 21 heavy (non-hydrogen) atoms. The lowest BCUT2D eigenvalue weighted by Crippen LogP contribution is -2.34. The fourth-order valence-electron chi connectivity index (χ4n) is 2.42. The van der Waals surface area contributed by atoms with Gasteiger partial charge in [0.05, 0.1) is 11.6 Å². The smallest absolute Gasteiger partial charge is 0.120 e. The van der Waals surface area contributed by atoms with Crippen molar-refractivity contribution < 1.29 is 4.74 Å². The Bertz CT molecular complexity index is 585. The number of hydrogen-bond donors (Lipinski definition) is 1. The molecule has 0 bridgehead atoms. The van der Waals surface area contributed by atoms with Crippen molar-refractivity contribution in [1.29, 1.82) is 0 Å². The summed E-state index contributed by atoms with van der Waals surface area (Å²) in [5.74, 6) is 0.865. The summed E-state index contributed by atoms with van der Waals surface area (Å²) >= 11 is 0. The summed E-state index contributed by atoms with van der Waals surface area (Å²) in [6, 6.07) is 16.6. The molecule has 0 saturated carbocycles. The molecule has 112 valence electrons. The van der Waals surface area contributed by atoms with Gasteiger partial charge in [-0.05, 0) is 56.0 Å². The maximum absolute atomic E-state index is 6.60. The zero-order valence-corrected chi connectivity index (χ0v) is 13.4. The monoisotopic (exact) mass is 283 g/mol. The van der Waals surface area contributed by atoms with Crippen molar-refractivity contribution >= 4 is 0 Å². The molecular weight excluding hydrogens is 258 g/mol. The van der Waals surface area contributed by atoms with Crippen molar-refractivity contribution in [2.45, 2.75) is 45.8 Å². The van der Waals surface area contributed by atoms with Crippen LogP contribution < -0.4 is 10.5 Å². The standard InChI is InChI=1S/C19H25NO/c1-5-15-9-11-16(12-10-15)19(4,20)17-7-6-8-18(13-17)21-14(2)3/h6-14H,5,20H2,1-4H3. The molecule has 1 unspecified atom stereocenters. The molecule has 0 aliphatic rings. The van der Waals surface area contributed by atoms with Gasteiger partial charge in [0.2, 0.25) is 0 Å². The van der Waals surface area contributed by atoms with Crippen LogP contribution in [-0.4, -0.2) is 6.10 Å². The summed E-state index contributed by atoms with van der Waals surface area (Å²) in [6.45, 7) is 8.25. The third-order valence-corrected chi connectivity index (χ3v) is 3.77. The molecule has 0 fully saturated rings. The predicted molar refractivity (Wildman–Crippen MR) is 88.7 cm³/mol. The molecule has 0 spiro atoms. The summed E-state index contributed by atoms with van der Waals surface area (Å²) in [4.78, 5) is 0. The highest BCUT2D eigenvalue weighted by molar-refractivity contribution is 5.41. The Labute approximate surface area is 127 Å². The van der Waals surface area contributed by atoms with Crippen molar-refractivity contribution in [3.63, 3.8) is 0 Å². The van der Waals surface area contributed by atoms with E-state index in [1.54, 1.807) is 0 Å². The molecule has 0 heterocycles. The number of rotatable bonds is 5. The largest absolute Gasteiger partial charge is 0.491 e. The van der Waals surface area contributed by atoms with E-state index in [4.69, 9.17) is 10.5 Å². The molecule has 0 aromatic heterocycles. The maximum atomic E-state index is 6.60. The maximum Gasteiger partial charge on any atom is 0.120 e. The second kappa shape index (κ2) is 6.31. The third kappa shape index (κ3) is 3.64. The van der Waals surface area contributed by atoms with Crippen LogP contribution in [0.3, 0.4) is 0 Å². The average molecular weight is 283 g/mol. The Balaban J connectivity index is 2.33. The lowest BCUT2D eigenvalue weighted by molar-refractivity contribution is 0.242. The molecule has 0 amide bonds.